The van der Waals surface area contributed by atoms with E-state index in [2.05, 4.69) is 5.32 Å². The molecular weight excluding hydrogens is 271 g/mol. The van der Waals surface area contributed by atoms with Gasteiger partial charge < -0.3 is 14.5 Å². The summed E-state index contributed by atoms with van der Waals surface area (Å²) >= 11 is 0. The highest BCUT2D eigenvalue weighted by Crippen LogP contribution is 2.28. The summed E-state index contributed by atoms with van der Waals surface area (Å²) in [6, 6.07) is 7.34. The minimum absolute atomic E-state index is 0.202. The molecule has 0 spiro atoms. The number of fused-ring (bicyclic) bond motifs is 1. The number of benzene rings is 1. The summed E-state index contributed by atoms with van der Waals surface area (Å²) < 4.78 is 47.8. The fourth-order valence-electron chi connectivity index (χ4n) is 1.93. The zero-order valence-electron chi connectivity index (χ0n) is 11.3. The first-order valence-electron chi connectivity index (χ1n) is 6.25. The molecule has 2 rings (SSSR count). The van der Waals surface area contributed by atoms with Gasteiger partial charge in [0.05, 0.1) is 0 Å². The van der Waals surface area contributed by atoms with Crippen LogP contribution in [0.3, 0.4) is 0 Å². The molecule has 6 heteroatoms. The molecule has 0 saturated carbocycles. The van der Waals surface area contributed by atoms with Gasteiger partial charge in [-0.25, -0.2) is 0 Å². The molecule has 1 heterocycles. The summed E-state index contributed by atoms with van der Waals surface area (Å²) in [5, 5.41) is 3.87. The average Bonchev–Trinajstić information content (AvgIpc) is 2.74. The van der Waals surface area contributed by atoms with Crippen molar-refractivity contribution in [2.75, 3.05) is 7.05 Å². The first kappa shape index (κ1) is 14.9. The number of nitrogens with one attached hydrogen (secondary N) is 1. The highest BCUT2D eigenvalue weighted by Gasteiger charge is 2.37. The van der Waals surface area contributed by atoms with Crippen LogP contribution in [0.4, 0.5) is 13.2 Å². The second kappa shape index (κ2) is 5.85. The predicted molar refractivity (Wildman–Crippen MR) is 69.3 cm³/mol. The lowest BCUT2D eigenvalue weighted by atomic mass is 10.1. The third-order valence-corrected chi connectivity index (χ3v) is 3.06. The molecule has 1 aromatic heterocycles. The van der Waals surface area contributed by atoms with E-state index in [1.807, 2.05) is 18.2 Å². The minimum Gasteiger partial charge on any atom is -0.458 e. The third-order valence-electron chi connectivity index (χ3n) is 3.06. The molecule has 1 aromatic carbocycles. The van der Waals surface area contributed by atoms with E-state index in [0.29, 0.717) is 17.9 Å². The molecule has 0 aliphatic heterocycles. The van der Waals surface area contributed by atoms with Crippen LogP contribution < -0.4 is 5.32 Å². The van der Waals surface area contributed by atoms with E-state index >= 15 is 0 Å². The van der Waals surface area contributed by atoms with Crippen LogP contribution in [0, 0.1) is 0 Å². The standard InChI is InChI=1S/C14H16F3NO2/c1-9(14(15,16)17)19-8-13-11(7-18-2)10-5-3-4-6-12(10)20-13/h3-6,9,18H,7-8H2,1-2H3. The molecule has 2 aromatic rings. The van der Waals surface area contributed by atoms with E-state index < -0.39 is 12.3 Å². The number of rotatable bonds is 5. The normalized spacial score (nSPS) is 13.8. The van der Waals surface area contributed by atoms with Crippen LogP contribution in [0.25, 0.3) is 11.0 Å². The summed E-state index contributed by atoms with van der Waals surface area (Å²) in [5.74, 6) is 0.427. The first-order chi connectivity index (χ1) is 9.43. The molecule has 0 fully saturated rings. The van der Waals surface area contributed by atoms with Gasteiger partial charge in [0.15, 0.2) is 6.10 Å². The lowest BCUT2D eigenvalue weighted by Gasteiger charge is -2.15. The number of para-hydroxylation sites is 1. The monoisotopic (exact) mass is 287 g/mol. The maximum Gasteiger partial charge on any atom is 0.414 e. The Kier molecular flexibility index (Phi) is 4.35. The fourth-order valence-corrected chi connectivity index (χ4v) is 1.93. The molecule has 0 radical (unpaired) electrons. The second-order valence-corrected chi connectivity index (χ2v) is 4.53. The molecule has 0 aliphatic carbocycles. The van der Waals surface area contributed by atoms with Gasteiger partial charge in [-0.05, 0) is 20.0 Å². The van der Waals surface area contributed by atoms with Crippen LogP contribution in [-0.2, 0) is 17.9 Å². The predicted octanol–water partition coefficient (Wildman–Crippen LogP) is 3.62. The molecular formula is C14H16F3NO2. The van der Waals surface area contributed by atoms with Gasteiger partial charge in [0, 0.05) is 17.5 Å². The summed E-state index contributed by atoms with van der Waals surface area (Å²) in [5.41, 5.74) is 1.48. The highest BCUT2D eigenvalue weighted by molar-refractivity contribution is 5.82. The van der Waals surface area contributed by atoms with Gasteiger partial charge in [0.1, 0.15) is 18.0 Å². The van der Waals surface area contributed by atoms with Gasteiger partial charge in [-0.15, -0.1) is 0 Å². The van der Waals surface area contributed by atoms with Crippen molar-refractivity contribution >= 4 is 11.0 Å². The summed E-state index contributed by atoms with van der Waals surface area (Å²) in [6.45, 7) is 1.29. The largest absolute Gasteiger partial charge is 0.458 e. The zero-order chi connectivity index (χ0) is 14.8. The Bertz CT molecular complexity index is 577. The quantitative estimate of drug-likeness (QED) is 0.912. The van der Waals surface area contributed by atoms with E-state index in [-0.39, 0.29) is 6.61 Å². The summed E-state index contributed by atoms with van der Waals surface area (Å²) in [6.07, 6.45) is -6.19. The number of alkyl halides is 3. The lowest BCUT2D eigenvalue weighted by molar-refractivity contribution is -0.218. The number of furan rings is 1. The Balaban J connectivity index is 2.23. The van der Waals surface area contributed by atoms with Gasteiger partial charge in [-0.1, -0.05) is 18.2 Å². The zero-order valence-corrected chi connectivity index (χ0v) is 11.3. The van der Waals surface area contributed by atoms with E-state index in [1.165, 1.54) is 0 Å². The van der Waals surface area contributed by atoms with Crippen LogP contribution in [0.15, 0.2) is 28.7 Å². The molecule has 1 N–H and O–H groups in total. The number of hydrogen-bond donors (Lipinski definition) is 1. The van der Waals surface area contributed by atoms with Crippen LogP contribution >= 0.6 is 0 Å². The smallest absolute Gasteiger partial charge is 0.414 e. The van der Waals surface area contributed by atoms with Crippen molar-refractivity contribution in [3.8, 4) is 0 Å². The Morgan fingerprint density at radius 2 is 2.00 bits per heavy atom. The van der Waals surface area contributed by atoms with Crippen molar-refractivity contribution in [3.05, 3.63) is 35.6 Å². The minimum atomic E-state index is -4.37. The lowest BCUT2D eigenvalue weighted by Crippen LogP contribution is -2.28. The highest BCUT2D eigenvalue weighted by atomic mass is 19.4. The number of halogens is 3. The van der Waals surface area contributed by atoms with E-state index in [0.717, 1.165) is 17.9 Å². The van der Waals surface area contributed by atoms with Crippen molar-refractivity contribution in [1.82, 2.24) is 5.32 Å². The van der Waals surface area contributed by atoms with Crippen molar-refractivity contribution in [2.24, 2.45) is 0 Å². The van der Waals surface area contributed by atoms with Gasteiger partial charge in [-0.2, -0.15) is 13.2 Å². The van der Waals surface area contributed by atoms with Gasteiger partial charge in [-0.3, -0.25) is 0 Å². The third kappa shape index (κ3) is 3.13. The van der Waals surface area contributed by atoms with E-state index in [9.17, 15) is 13.2 Å². The topological polar surface area (TPSA) is 34.4 Å². The Morgan fingerprint density at radius 1 is 1.30 bits per heavy atom. The number of hydrogen-bond acceptors (Lipinski definition) is 3. The van der Waals surface area contributed by atoms with Crippen molar-refractivity contribution < 1.29 is 22.3 Å². The van der Waals surface area contributed by atoms with Crippen molar-refractivity contribution in [1.29, 1.82) is 0 Å². The van der Waals surface area contributed by atoms with Crippen molar-refractivity contribution in [2.45, 2.75) is 32.4 Å². The second-order valence-electron chi connectivity index (χ2n) is 4.53. The Hall–Kier alpha value is -1.53. The SMILES string of the molecule is CNCc1c(COC(C)C(F)(F)F)oc2ccccc12. The molecule has 3 nitrogen and oxygen atoms in total. The van der Waals surface area contributed by atoms with Crippen LogP contribution in [0.2, 0.25) is 0 Å². The molecule has 20 heavy (non-hydrogen) atoms. The van der Waals surface area contributed by atoms with Gasteiger partial charge in [0.25, 0.3) is 0 Å². The maximum absolute atomic E-state index is 12.4. The molecule has 0 aliphatic rings. The first-order valence-corrected chi connectivity index (χ1v) is 6.25. The molecule has 0 amide bonds. The average molecular weight is 287 g/mol. The van der Waals surface area contributed by atoms with E-state index in [4.69, 9.17) is 9.15 Å². The van der Waals surface area contributed by atoms with Crippen molar-refractivity contribution in [3.63, 3.8) is 0 Å². The number of ether oxygens (including phenoxy) is 1. The molecule has 0 bridgehead atoms. The van der Waals surface area contributed by atoms with Gasteiger partial charge >= 0.3 is 6.18 Å². The van der Waals surface area contributed by atoms with Gasteiger partial charge in [0.2, 0.25) is 0 Å². The molecule has 110 valence electrons. The van der Waals surface area contributed by atoms with Crippen LogP contribution in [0.5, 0.6) is 0 Å². The Labute approximate surface area is 114 Å². The summed E-state index contributed by atoms with van der Waals surface area (Å²) in [7, 11) is 1.77. The van der Waals surface area contributed by atoms with E-state index in [1.54, 1.807) is 13.1 Å². The Morgan fingerprint density at radius 3 is 2.65 bits per heavy atom. The van der Waals surface area contributed by atoms with Crippen LogP contribution in [-0.4, -0.2) is 19.3 Å². The van der Waals surface area contributed by atoms with Crippen LogP contribution in [0.1, 0.15) is 18.2 Å². The maximum atomic E-state index is 12.4. The fraction of sp³-hybridized carbons (Fsp3) is 0.429. The molecule has 1 atom stereocenters. The summed E-state index contributed by atoms with van der Waals surface area (Å²) in [4.78, 5) is 0. The molecule has 0 saturated heterocycles. The molecule has 1 unspecified atom stereocenters.